The van der Waals surface area contributed by atoms with Gasteiger partial charge >= 0.3 is 0 Å². The Labute approximate surface area is 182 Å². The topological polar surface area (TPSA) is 51.0 Å². The molecule has 2 aromatic heterocycles. The van der Waals surface area contributed by atoms with Crippen LogP contribution in [-0.4, -0.2) is 27.2 Å². The molecule has 154 valence electrons. The molecule has 2 aromatic carbocycles. The first kappa shape index (κ1) is 20.5. The lowest BCUT2D eigenvalue weighted by Gasteiger charge is -2.20. The molecule has 0 bridgehead atoms. The van der Waals surface area contributed by atoms with Gasteiger partial charge in [0.15, 0.2) is 5.13 Å². The average Bonchev–Trinajstić information content (AvgIpc) is 3.28. The number of hydrogen-bond acceptors (Lipinski definition) is 4. The van der Waals surface area contributed by atoms with Gasteiger partial charge in [0, 0.05) is 22.8 Å². The Bertz CT molecular complexity index is 1230. The second-order valence-electron chi connectivity index (χ2n) is 7.13. The molecule has 0 atom stereocenters. The van der Waals surface area contributed by atoms with Crippen LogP contribution in [0.2, 0.25) is 5.02 Å². The third kappa shape index (κ3) is 3.95. The summed E-state index contributed by atoms with van der Waals surface area (Å²) in [6.45, 7) is 6.73. The van der Waals surface area contributed by atoms with Gasteiger partial charge in [0.2, 0.25) is 0 Å². The van der Waals surface area contributed by atoms with E-state index >= 15 is 0 Å². The molecule has 0 spiro atoms. The molecule has 0 fully saturated rings. The van der Waals surface area contributed by atoms with Gasteiger partial charge in [0.05, 0.1) is 22.5 Å². The maximum absolute atomic E-state index is 13.4. The van der Waals surface area contributed by atoms with E-state index in [1.165, 1.54) is 35.6 Å². The Hall–Kier alpha value is -2.77. The molecular formula is C22H20ClFN4OS. The maximum atomic E-state index is 13.4. The number of aromatic nitrogens is 3. The molecule has 5 nitrogen and oxygen atoms in total. The number of anilines is 1. The van der Waals surface area contributed by atoms with Gasteiger partial charge in [0.25, 0.3) is 5.91 Å². The third-order valence-corrected chi connectivity index (χ3v) is 6.40. The Balaban J connectivity index is 1.72. The van der Waals surface area contributed by atoms with E-state index in [0.717, 1.165) is 27.2 Å². The molecular weight excluding hydrogens is 423 g/mol. The van der Waals surface area contributed by atoms with E-state index in [9.17, 15) is 9.18 Å². The number of carbonyl (C=O) groups excluding carboxylic acids is 1. The first-order chi connectivity index (χ1) is 14.3. The number of thiazole rings is 1. The van der Waals surface area contributed by atoms with Gasteiger partial charge in [-0.2, -0.15) is 5.10 Å². The zero-order chi connectivity index (χ0) is 21.4. The molecule has 4 aromatic rings. The largest absolute Gasteiger partial charge is 0.282 e. The number of nitrogens with zero attached hydrogens (tertiary/aromatic N) is 4. The lowest BCUT2D eigenvalue weighted by atomic mass is 10.2. The summed E-state index contributed by atoms with van der Waals surface area (Å²) in [4.78, 5) is 19.7. The zero-order valence-electron chi connectivity index (χ0n) is 16.8. The van der Waals surface area contributed by atoms with Crippen molar-refractivity contribution in [2.75, 3.05) is 11.4 Å². The van der Waals surface area contributed by atoms with Gasteiger partial charge in [-0.05, 0) is 68.8 Å². The number of halogens is 2. The molecule has 1 amide bonds. The van der Waals surface area contributed by atoms with Crippen molar-refractivity contribution >= 4 is 44.2 Å². The Morgan fingerprint density at radius 1 is 1.17 bits per heavy atom. The predicted molar refractivity (Wildman–Crippen MR) is 119 cm³/mol. The molecule has 0 radical (unpaired) electrons. The van der Waals surface area contributed by atoms with Crippen LogP contribution in [-0.2, 0) is 6.54 Å². The van der Waals surface area contributed by atoms with Crippen LogP contribution in [0.15, 0.2) is 42.5 Å². The van der Waals surface area contributed by atoms with E-state index in [-0.39, 0.29) is 11.7 Å². The molecule has 4 rings (SSSR count). The molecule has 30 heavy (non-hydrogen) atoms. The highest BCUT2D eigenvalue weighted by molar-refractivity contribution is 7.22. The van der Waals surface area contributed by atoms with Crippen LogP contribution in [0.3, 0.4) is 0 Å². The number of amides is 1. The smallest absolute Gasteiger partial charge is 0.260 e. The van der Waals surface area contributed by atoms with Crippen molar-refractivity contribution in [3.63, 3.8) is 0 Å². The molecule has 2 heterocycles. The number of benzene rings is 2. The maximum Gasteiger partial charge on any atom is 0.260 e. The fraction of sp³-hybridized carbons (Fsp3) is 0.227. The highest BCUT2D eigenvalue weighted by Crippen LogP contribution is 2.34. The van der Waals surface area contributed by atoms with Crippen LogP contribution in [0.1, 0.15) is 27.3 Å². The monoisotopic (exact) mass is 442 g/mol. The van der Waals surface area contributed by atoms with E-state index in [2.05, 4.69) is 5.10 Å². The standard InChI is InChI=1S/C22H20ClFN4OS/c1-13-12-14(2)28(26-13)11-10-27(21(29)16-4-6-17(24)7-5-16)22-25-20-15(3)18(23)8-9-19(20)30-22/h4-9,12H,10-11H2,1-3H3. The van der Waals surface area contributed by atoms with Crippen LogP contribution < -0.4 is 4.90 Å². The van der Waals surface area contributed by atoms with E-state index in [1.54, 1.807) is 4.90 Å². The van der Waals surface area contributed by atoms with Crippen LogP contribution in [0.5, 0.6) is 0 Å². The number of hydrogen-bond donors (Lipinski definition) is 0. The second-order valence-corrected chi connectivity index (χ2v) is 8.55. The van der Waals surface area contributed by atoms with E-state index in [4.69, 9.17) is 16.6 Å². The van der Waals surface area contributed by atoms with Crippen LogP contribution in [0.25, 0.3) is 10.2 Å². The number of fused-ring (bicyclic) bond motifs is 1. The van der Waals surface area contributed by atoms with Crippen LogP contribution >= 0.6 is 22.9 Å². The minimum absolute atomic E-state index is 0.237. The quantitative estimate of drug-likeness (QED) is 0.406. The van der Waals surface area contributed by atoms with Gasteiger partial charge in [-0.15, -0.1) is 0 Å². The molecule has 0 saturated heterocycles. The van der Waals surface area contributed by atoms with Gasteiger partial charge < -0.3 is 0 Å². The van der Waals surface area contributed by atoms with Crippen molar-refractivity contribution in [1.29, 1.82) is 0 Å². The molecule has 0 saturated carbocycles. The first-order valence-electron chi connectivity index (χ1n) is 9.47. The second kappa shape index (κ2) is 8.16. The molecule has 0 unspecified atom stereocenters. The zero-order valence-corrected chi connectivity index (χ0v) is 18.4. The van der Waals surface area contributed by atoms with Gasteiger partial charge in [-0.25, -0.2) is 9.37 Å². The van der Waals surface area contributed by atoms with Gasteiger partial charge in [-0.3, -0.25) is 14.4 Å². The van der Waals surface area contributed by atoms with Gasteiger partial charge in [-0.1, -0.05) is 22.9 Å². The van der Waals surface area contributed by atoms with Crippen molar-refractivity contribution < 1.29 is 9.18 Å². The molecule has 0 aliphatic heterocycles. The van der Waals surface area contributed by atoms with Crippen molar-refractivity contribution in [1.82, 2.24) is 14.8 Å². The fourth-order valence-electron chi connectivity index (χ4n) is 3.33. The van der Waals surface area contributed by atoms with E-state index in [1.807, 2.05) is 43.7 Å². The number of aryl methyl sites for hydroxylation is 3. The highest BCUT2D eigenvalue weighted by atomic mass is 35.5. The SMILES string of the molecule is Cc1cc(C)n(CCN(C(=O)c2ccc(F)cc2)c2nc3c(C)c(Cl)ccc3s2)n1. The summed E-state index contributed by atoms with van der Waals surface area (Å²) in [7, 11) is 0. The normalized spacial score (nSPS) is 11.2. The van der Waals surface area contributed by atoms with E-state index in [0.29, 0.717) is 28.8 Å². The minimum Gasteiger partial charge on any atom is -0.282 e. The summed E-state index contributed by atoms with van der Waals surface area (Å²) in [6, 6.07) is 11.3. The molecule has 8 heteroatoms. The minimum atomic E-state index is -0.383. The van der Waals surface area contributed by atoms with Crippen molar-refractivity contribution in [3.8, 4) is 0 Å². The summed E-state index contributed by atoms with van der Waals surface area (Å²) in [5.41, 5.74) is 4.01. The van der Waals surface area contributed by atoms with Crippen molar-refractivity contribution in [3.05, 3.63) is 75.8 Å². The fourth-order valence-corrected chi connectivity index (χ4v) is 4.53. The summed E-state index contributed by atoms with van der Waals surface area (Å²) in [5, 5.41) is 5.70. The van der Waals surface area contributed by atoms with Crippen molar-refractivity contribution in [2.24, 2.45) is 0 Å². The first-order valence-corrected chi connectivity index (χ1v) is 10.7. The average molecular weight is 443 g/mol. The van der Waals surface area contributed by atoms with Crippen molar-refractivity contribution in [2.45, 2.75) is 27.3 Å². The Morgan fingerprint density at radius 3 is 2.57 bits per heavy atom. The summed E-state index contributed by atoms with van der Waals surface area (Å²) in [5.74, 6) is -0.620. The Morgan fingerprint density at radius 2 is 1.90 bits per heavy atom. The van der Waals surface area contributed by atoms with Crippen LogP contribution in [0, 0.1) is 26.6 Å². The lowest BCUT2D eigenvalue weighted by molar-refractivity contribution is 0.0985. The Kier molecular flexibility index (Phi) is 5.58. The predicted octanol–water partition coefficient (Wildman–Crippen LogP) is 5.56. The summed E-state index contributed by atoms with van der Waals surface area (Å²) in [6.07, 6.45) is 0. The van der Waals surface area contributed by atoms with Crippen LogP contribution in [0.4, 0.5) is 9.52 Å². The highest BCUT2D eigenvalue weighted by Gasteiger charge is 2.22. The molecule has 0 aliphatic carbocycles. The summed E-state index contributed by atoms with van der Waals surface area (Å²) >= 11 is 7.68. The van der Waals surface area contributed by atoms with E-state index < -0.39 is 0 Å². The van der Waals surface area contributed by atoms with Gasteiger partial charge in [0.1, 0.15) is 5.82 Å². The number of carbonyl (C=O) groups is 1. The molecule has 0 N–H and O–H groups in total. The molecule has 0 aliphatic rings. The lowest BCUT2D eigenvalue weighted by Crippen LogP contribution is -2.34. The summed E-state index contributed by atoms with van der Waals surface area (Å²) < 4.78 is 16.2. The number of rotatable bonds is 5. The third-order valence-electron chi connectivity index (χ3n) is 4.94.